The van der Waals surface area contributed by atoms with Crippen molar-refractivity contribution in [2.75, 3.05) is 12.0 Å². The van der Waals surface area contributed by atoms with Gasteiger partial charge in [0.2, 0.25) is 0 Å². The first-order valence-electron chi connectivity index (χ1n) is 10.9. The molecule has 0 heterocycles. The molecule has 0 unspecified atom stereocenters. The van der Waals surface area contributed by atoms with Crippen molar-refractivity contribution in [1.29, 1.82) is 5.26 Å². The van der Waals surface area contributed by atoms with E-state index < -0.39 is 0 Å². The summed E-state index contributed by atoms with van der Waals surface area (Å²) in [4.78, 5) is 12.0. The van der Waals surface area contributed by atoms with Gasteiger partial charge in [-0.1, -0.05) is 13.3 Å². The van der Waals surface area contributed by atoms with Crippen molar-refractivity contribution >= 4 is 17.7 Å². The highest BCUT2D eigenvalue weighted by Crippen LogP contribution is 2.72. The predicted octanol–water partition coefficient (Wildman–Crippen LogP) is 5.44. The summed E-state index contributed by atoms with van der Waals surface area (Å²) in [5, 5.41) is 9.99. The Bertz CT molecular complexity index is 659. The van der Waals surface area contributed by atoms with Crippen molar-refractivity contribution < 1.29 is 9.53 Å². The summed E-state index contributed by atoms with van der Waals surface area (Å²) in [6, 6.07) is 2.73. The molecule has 5 fully saturated rings. The van der Waals surface area contributed by atoms with Crippen LogP contribution in [0.5, 0.6) is 0 Å². The molecule has 8 atom stereocenters. The molecule has 0 N–H and O–H groups in total. The third kappa shape index (κ3) is 2.70. The van der Waals surface area contributed by atoms with E-state index in [2.05, 4.69) is 26.2 Å². The van der Waals surface area contributed by atoms with Gasteiger partial charge in [-0.15, -0.1) is 0 Å². The number of carbonyl (C=O) groups excluding carboxylic acids is 1. The van der Waals surface area contributed by atoms with E-state index in [0.717, 1.165) is 25.0 Å². The summed E-state index contributed by atoms with van der Waals surface area (Å²) in [7, 11) is 0. The molecule has 0 saturated heterocycles. The van der Waals surface area contributed by atoms with Crippen LogP contribution in [0.3, 0.4) is 0 Å². The summed E-state index contributed by atoms with van der Waals surface area (Å²) >= 11 is 1.91. The van der Waals surface area contributed by atoms with Gasteiger partial charge in [0.25, 0.3) is 0 Å². The van der Waals surface area contributed by atoms with Gasteiger partial charge in [0.05, 0.1) is 11.5 Å². The van der Waals surface area contributed by atoms with Crippen LogP contribution in [0.25, 0.3) is 0 Å². The molecular formula is C23H35NO2S. The fraction of sp³-hybridized carbons (Fsp3) is 0.913. The highest BCUT2D eigenvalue weighted by atomic mass is 32.2. The molecule has 0 amide bonds. The molecule has 0 aromatic heterocycles. The van der Waals surface area contributed by atoms with Crippen LogP contribution in [0.1, 0.15) is 72.1 Å². The van der Waals surface area contributed by atoms with E-state index in [1.165, 1.54) is 32.1 Å². The number of rotatable bonds is 3. The highest BCUT2D eigenvalue weighted by Gasteiger charge is 2.68. The molecule has 0 aliphatic heterocycles. The molecule has 5 aliphatic rings. The maximum atomic E-state index is 12.0. The lowest BCUT2D eigenvalue weighted by atomic mass is 9.35. The smallest absolute Gasteiger partial charge is 0.302 e. The minimum absolute atomic E-state index is 0.0907. The third-order valence-corrected chi connectivity index (χ3v) is 10.1. The summed E-state index contributed by atoms with van der Waals surface area (Å²) in [5.41, 5.74) is 0.197. The minimum atomic E-state index is -0.180. The zero-order chi connectivity index (χ0) is 19.4. The molecule has 5 rings (SSSR count). The van der Waals surface area contributed by atoms with Crippen LogP contribution in [0, 0.1) is 51.2 Å². The summed E-state index contributed by atoms with van der Waals surface area (Å²) in [5.74, 6) is 3.30. The van der Waals surface area contributed by atoms with Crippen molar-refractivity contribution in [3.05, 3.63) is 0 Å². The van der Waals surface area contributed by atoms with Gasteiger partial charge >= 0.3 is 5.97 Å². The Kier molecular flexibility index (Phi) is 4.86. The fourth-order valence-electron chi connectivity index (χ4n) is 8.38. The third-order valence-electron chi connectivity index (χ3n) is 9.35. The van der Waals surface area contributed by atoms with E-state index in [1.54, 1.807) is 6.92 Å². The number of nitriles is 1. The van der Waals surface area contributed by atoms with Gasteiger partial charge in [-0.2, -0.15) is 17.0 Å². The van der Waals surface area contributed by atoms with Crippen molar-refractivity contribution in [1.82, 2.24) is 0 Å². The first-order chi connectivity index (χ1) is 12.8. The standard InChI is InChI=1S/C23H35NO2S/c1-15(25)26-20-17(13-27-4)16-6-10-23(20)11-7-18-21(2,14-24)8-5-9-22(18,3)19(23)12-16/h16-20H,5-13H2,1-4H3/t16-,17-,18+,19-,20+,21-,22+,23-/m0/s1. The minimum Gasteiger partial charge on any atom is -0.462 e. The van der Waals surface area contributed by atoms with Crippen molar-refractivity contribution in [3.63, 3.8) is 0 Å². The van der Waals surface area contributed by atoms with Crippen molar-refractivity contribution in [2.24, 2.45) is 39.9 Å². The monoisotopic (exact) mass is 389 g/mol. The number of fused-ring (bicyclic) bond motifs is 3. The molecule has 27 heavy (non-hydrogen) atoms. The fourth-order valence-corrected chi connectivity index (χ4v) is 9.21. The van der Waals surface area contributed by atoms with Gasteiger partial charge in [0.15, 0.2) is 0 Å². The van der Waals surface area contributed by atoms with Crippen LogP contribution in [0.2, 0.25) is 0 Å². The lowest BCUT2D eigenvalue weighted by Gasteiger charge is -2.70. The Morgan fingerprint density at radius 1 is 1.19 bits per heavy atom. The van der Waals surface area contributed by atoms with E-state index >= 15 is 0 Å². The van der Waals surface area contributed by atoms with Gasteiger partial charge in [-0.25, -0.2) is 0 Å². The number of ether oxygens (including phenoxy) is 1. The van der Waals surface area contributed by atoms with Crippen LogP contribution in [-0.4, -0.2) is 24.1 Å². The molecule has 2 bridgehead atoms. The van der Waals surface area contributed by atoms with E-state index in [9.17, 15) is 10.1 Å². The zero-order valence-corrected chi connectivity index (χ0v) is 18.2. The van der Waals surface area contributed by atoms with Crippen LogP contribution in [-0.2, 0) is 9.53 Å². The van der Waals surface area contributed by atoms with Crippen molar-refractivity contribution in [3.8, 4) is 6.07 Å². The lowest BCUT2D eigenvalue weighted by Crippen LogP contribution is -2.67. The average molecular weight is 390 g/mol. The van der Waals surface area contributed by atoms with E-state index in [-0.39, 0.29) is 28.3 Å². The van der Waals surface area contributed by atoms with Crippen LogP contribution >= 0.6 is 11.8 Å². The molecule has 1 spiro atoms. The van der Waals surface area contributed by atoms with E-state index in [4.69, 9.17) is 4.74 Å². The Morgan fingerprint density at radius 3 is 2.59 bits per heavy atom. The molecule has 5 aliphatic carbocycles. The van der Waals surface area contributed by atoms with Gasteiger partial charge < -0.3 is 4.74 Å². The summed E-state index contributed by atoms with van der Waals surface area (Å²) in [6.07, 6.45) is 11.8. The normalized spacial score (nSPS) is 51.0. The maximum absolute atomic E-state index is 12.0. The van der Waals surface area contributed by atoms with Crippen molar-refractivity contribution in [2.45, 2.75) is 78.2 Å². The van der Waals surface area contributed by atoms with Gasteiger partial charge in [-0.3, -0.25) is 4.79 Å². The van der Waals surface area contributed by atoms with E-state index in [1.807, 2.05) is 11.8 Å². The second-order valence-corrected chi connectivity index (χ2v) is 11.4. The first kappa shape index (κ1) is 19.6. The number of thioether (sulfide) groups is 1. The molecule has 150 valence electrons. The number of nitrogens with zero attached hydrogens (tertiary/aromatic N) is 1. The molecular weight excluding hydrogens is 354 g/mol. The molecule has 3 nitrogen and oxygen atoms in total. The number of esters is 1. The maximum Gasteiger partial charge on any atom is 0.302 e. The zero-order valence-electron chi connectivity index (χ0n) is 17.4. The van der Waals surface area contributed by atoms with E-state index in [0.29, 0.717) is 23.7 Å². The quantitative estimate of drug-likeness (QED) is 0.603. The molecule has 0 aromatic rings. The average Bonchev–Trinajstić information content (AvgIpc) is 2.63. The lowest BCUT2D eigenvalue weighted by molar-refractivity contribution is -0.244. The second-order valence-electron chi connectivity index (χ2n) is 10.4. The first-order valence-corrected chi connectivity index (χ1v) is 12.3. The highest BCUT2D eigenvalue weighted by molar-refractivity contribution is 7.98. The molecule has 4 heteroatoms. The molecule has 0 aromatic carbocycles. The Morgan fingerprint density at radius 2 is 1.93 bits per heavy atom. The van der Waals surface area contributed by atoms with Gasteiger partial charge in [0.1, 0.15) is 6.10 Å². The van der Waals surface area contributed by atoms with Crippen LogP contribution < -0.4 is 0 Å². The number of hydrogen-bond donors (Lipinski definition) is 0. The largest absolute Gasteiger partial charge is 0.462 e. The molecule has 5 saturated carbocycles. The summed E-state index contributed by atoms with van der Waals surface area (Å²) < 4.78 is 6.14. The summed E-state index contributed by atoms with van der Waals surface area (Å²) in [6.45, 7) is 6.30. The molecule has 0 radical (unpaired) electrons. The number of carbonyl (C=O) groups is 1. The van der Waals surface area contributed by atoms with Gasteiger partial charge in [0, 0.05) is 18.3 Å². The number of hydrogen-bond acceptors (Lipinski definition) is 4. The second kappa shape index (κ2) is 6.68. The Hall–Kier alpha value is -0.690. The Labute approximate surface area is 169 Å². The topological polar surface area (TPSA) is 50.1 Å². The SMILES string of the molecule is CSC[C@H]1[C@H]2CC[C@@]3(CC[C@H]4[C@@](C)(CCC[C@@]4(C)C#N)[C@@H]3C2)[C@@H]1OC(C)=O. The van der Waals surface area contributed by atoms with Crippen LogP contribution in [0.15, 0.2) is 0 Å². The Balaban J connectivity index is 1.75. The van der Waals surface area contributed by atoms with Crippen LogP contribution in [0.4, 0.5) is 0 Å². The predicted molar refractivity (Wildman–Crippen MR) is 109 cm³/mol. The van der Waals surface area contributed by atoms with Gasteiger partial charge in [-0.05, 0) is 87.0 Å².